The highest BCUT2D eigenvalue weighted by Gasteiger charge is 2.08. The van der Waals surface area contributed by atoms with Crippen molar-refractivity contribution in [1.82, 2.24) is 0 Å². The standard InChI is InChI=1S/C15H16BrN/c1-10-5-3-4-6-13(10)14-9-12(11(2)17)7-8-15(14)16/h3-9,11H,17H2,1-2H3. The molecule has 2 rings (SSSR count). The molecule has 0 saturated carbocycles. The molecular weight excluding hydrogens is 274 g/mol. The number of hydrogen-bond acceptors (Lipinski definition) is 1. The predicted molar refractivity (Wildman–Crippen MR) is 76.9 cm³/mol. The first-order valence-electron chi connectivity index (χ1n) is 5.70. The molecule has 88 valence electrons. The van der Waals surface area contributed by atoms with Gasteiger partial charge in [0.25, 0.3) is 0 Å². The van der Waals surface area contributed by atoms with E-state index in [9.17, 15) is 0 Å². The van der Waals surface area contributed by atoms with Crippen LogP contribution in [0.5, 0.6) is 0 Å². The van der Waals surface area contributed by atoms with Crippen molar-refractivity contribution in [3.05, 3.63) is 58.1 Å². The van der Waals surface area contributed by atoms with Crippen LogP contribution in [0.25, 0.3) is 11.1 Å². The van der Waals surface area contributed by atoms with Crippen molar-refractivity contribution >= 4 is 15.9 Å². The Labute approximate surface area is 111 Å². The molecule has 0 saturated heterocycles. The van der Waals surface area contributed by atoms with Crippen LogP contribution in [-0.4, -0.2) is 0 Å². The largest absolute Gasteiger partial charge is 0.324 e. The number of benzene rings is 2. The normalized spacial score (nSPS) is 12.5. The lowest BCUT2D eigenvalue weighted by Crippen LogP contribution is -2.04. The van der Waals surface area contributed by atoms with Crippen LogP contribution in [0.15, 0.2) is 46.9 Å². The predicted octanol–water partition coefficient (Wildman–Crippen LogP) is 4.44. The summed E-state index contributed by atoms with van der Waals surface area (Å²) >= 11 is 3.61. The molecule has 1 atom stereocenters. The summed E-state index contributed by atoms with van der Waals surface area (Å²) in [4.78, 5) is 0. The molecule has 0 aliphatic heterocycles. The highest BCUT2D eigenvalue weighted by atomic mass is 79.9. The maximum Gasteiger partial charge on any atom is 0.0266 e. The summed E-state index contributed by atoms with van der Waals surface area (Å²) in [5.41, 5.74) is 10.8. The Morgan fingerprint density at radius 3 is 2.41 bits per heavy atom. The number of aryl methyl sites for hydroxylation is 1. The summed E-state index contributed by atoms with van der Waals surface area (Å²) in [6.07, 6.45) is 0. The molecule has 0 aliphatic carbocycles. The Morgan fingerprint density at radius 1 is 1.06 bits per heavy atom. The van der Waals surface area contributed by atoms with E-state index >= 15 is 0 Å². The number of rotatable bonds is 2. The van der Waals surface area contributed by atoms with E-state index in [1.54, 1.807) is 0 Å². The van der Waals surface area contributed by atoms with Crippen LogP contribution >= 0.6 is 15.9 Å². The molecule has 1 nitrogen and oxygen atoms in total. The Bertz CT molecular complexity index is 532. The van der Waals surface area contributed by atoms with E-state index in [0.717, 1.165) is 10.0 Å². The molecular formula is C15H16BrN. The lowest BCUT2D eigenvalue weighted by Gasteiger charge is -2.12. The van der Waals surface area contributed by atoms with Crippen LogP contribution in [0, 0.1) is 6.92 Å². The van der Waals surface area contributed by atoms with Gasteiger partial charge in [0.1, 0.15) is 0 Å². The highest BCUT2D eigenvalue weighted by Crippen LogP contribution is 2.32. The van der Waals surface area contributed by atoms with E-state index in [2.05, 4.69) is 65.3 Å². The molecule has 2 heteroatoms. The molecule has 0 heterocycles. The molecule has 1 unspecified atom stereocenters. The molecule has 0 amide bonds. The van der Waals surface area contributed by atoms with Gasteiger partial charge >= 0.3 is 0 Å². The van der Waals surface area contributed by atoms with E-state index < -0.39 is 0 Å². The van der Waals surface area contributed by atoms with Gasteiger partial charge in [0, 0.05) is 10.5 Å². The first-order valence-corrected chi connectivity index (χ1v) is 6.50. The third-order valence-corrected chi connectivity index (χ3v) is 3.64. The summed E-state index contributed by atoms with van der Waals surface area (Å²) in [6.45, 7) is 4.13. The summed E-state index contributed by atoms with van der Waals surface area (Å²) < 4.78 is 1.11. The van der Waals surface area contributed by atoms with Gasteiger partial charge in [0.05, 0.1) is 0 Å². The fourth-order valence-corrected chi connectivity index (χ4v) is 2.37. The maximum atomic E-state index is 5.93. The second kappa shape index (κ2) is 5.03. The lowest BCUT2D eigenvalue weighted by atomic mass is 9.97. The van der Waals surface area contributed by atoms with E-state index in [-0.39, 0.29) is 6.04 Å². The number of nitrogens with two attached hydrogens (primary N) is 1. The molecule has 0 aliphatic rings. The van der Waals surface area contributed by atoms with Crippen LogP contribution in [-0.2, 0) is 0 Å². The number of hydrogen-bond donors (Lipinski definition) is 1. The molecule has 0 fully saturated rings. The Morgan fingerprint density at radius 2 is 1.76 bits per heavy atom. The molecule has 2 aromatic rings. The second-order valence-electron chi connectivity index (χ2n) is 4.34. The minimum atomic E-state index is 0.0610. The van der Waals surface area contributed by atoms with Crippen molar-refractivity contribution in [2.45, 2.75) is 19.9 Å². The van der Waals surface area contributed by atoms with Gasteiger partial charge in [-0.25, -0.2) is 0 Å². The Hall–Kier alpha value is -1.12. The van der Waals surface area contributed by atoms with Crippen molar-refractivity contribution in [2.24, 2.45) is 5.73 Å². The van der Waals surface area contributed by atoms with Gasteiger partial charge < -0.3 is 5.73 Å². The summed E-state index contributed by atoms with van der Waals surface area (Å²) in [5, 5.41) is 0. The van der Waals surface area contributed by atoms with Gasteiger partial charge in [-0.05, 0) is 48.2 Å². The van der Waals surface area contributed by atoms with Crippen molar-refractivity contribution in [1.29, 1.82) is 0 Å². The van der Waals surface area contributed by atoms with Crippen LogP contribution in [0.1, 0.15) is 24.1 Å². The fraction of sp³-hybridized carbons (Fsp3) is 0.200. The first-order chi connectivity index (χ1) is 8.09. The average Bonchev–Trinajstić information content (AvgIpc) is 2.30. The van der Waals surface area contributed by atoms with E-state index in [4.69, 9.17) is 5.73 Å². The zero-order valence-electron chi connectivity index (χ0n) is 10.1. The maximum absolute atomic E-state index is 5.93. The van der Waals surface area contributed by atoms with E-state index in [1.165, 1.54) is 16.7 Å². The molecule has 2 N–H and O–H groups in total. The minimum Gasteiger partial charge on any atom is -0.324 e. The molecule has 0 bridgehead atoms. The van der Waals surface area contributed by atoms with Gasteiger partial charge in [-0.15, -0.1) is 0 Å². The molecule has 0 radical (unpaired) electrons. The monoisotopic (exact) mass is 289 g/mol. The SMILES string of the molecule is Cc1ccccc1-c1cc(C(C)N)ccc1Br. The van der Waals surface area contributed by atoms with Crippen LogP contribution in [0.4, 0.5) is 0 Å². The van der Waals surface area contributed by atoms with Gasteiger partial charge in [0.2, 0.25) is 0 Å². The summed E-state index contributed by atoms with van der Waals surface area (Å²) in [5.74, 6) is 0. The quantitative estimate of drug-likeness (QED) is 0.869. The topological polar surface area (TPSA) is 26.0 Å². The fourth-order valence-electron chi connectivity index (χ4n) is 1.91. The minimum absolute atomic E-state index is 0.0610. The Balaban J connectivity index is 2.59. The van der Waals surface area contributed by atoms with E-state index in [0.29, 0.717) is 0 Å². The Kier molecular flexibility index (Phi) is 3.65. The smallest absolute Gasteiger partial charge is 0.0266 e. The lowest BCUT2D eigenvalue weighted by molar-refractivity contribution is 0.818. The molecule has 0 spiro atoms. The van der Waals surface area contributed by atoms with Gasteiger partial charge in [-0.2, -0.15) is 0 Å². The van der Waals surface area contributed by atoms with Crippen LogP contribution in [0.2, 0.25) is 0 Å². The third-order valence-electron chi connectivity index (χ3n) is 2.95. The molecule has 2 aromatic carbocycles. The van der Waals surface area contributed by atoms with Crippen molar-refractivity contribution in [3.8, 4) is 11.1 Å². The van der Waals surface area contributed by atoms with Crippen LogP contribution < -0.4 is 5.73 Å². The van der Waals surface area contributed by atoms with Crippen molar-refractivity contribution < 1.29 is 0 Å². The number of halogens is 1. The van der Waals surface area contributed by atoms with Crippen LogP contribution in [0.3, 0.4) is 0 Å². The van der Waals surface area contributed by atoms with Gasteiger partial charge in [-0.1, -0.05) is 46.3 Å². The first kappa shape index (κ1) is 12.3. The zero-order valence-corrected chi connectivity index (χ0v) is 11.7. The summed E-state index contributed by atoms with van der Waals surface area (Å²) in [6, 6.07) is 14.7. The van der Waals surface area contributed by atoms with Crippen molar-refractivity contribution in [2.75, 3.05) is 0 Å². The zero-order chi connectivity index (χ0) is 12.4. The van der Waals surface area contributed by atoms with Gasteiger partial charge in [-0.3, -0.25) is 0 Å². The molecule has 0 aromatic heterocycles. The third kappa shape index (κ3) is 2.59. The average molecular weight is 290 g/mol. The highest BCUT2D eigenvalue weighted by molar-refractivity contribution is 9.10. The van der Waals surface area contributed by atoms with Gasteiger partial charge in [0.15, 0.2) is 0 Å². The second-order valence-corrected chi connectivity index (χ2v) is 5.20. The van der Waals surface area contributed by atoms with Crippen molar-refractivity contribution in [3.63, 3.8) is 0 Å². The molecule has 17 heavy (non-hydrogen) atoms. The van der Waals surface area contributed by atoms with E-state index in [1.807, 2.05) is 6.92 Å². The summed E-state index contributed by atoms with van der Waals surface area (Å²) in [7, 11) is 0.